The predicted molar refractivity (Wildman–Crippen MR) is 102 cm³/mol. The highest BCUT2D eigenvalue weighted by Crippen LogP contribution is 2.29. The number of aliphatic carboxylic acids is 1. The number of hydrogen-bond donors (Lipinski definition) is 1. The van der Waals surface area contributed by atoms with E-state index in [1.165, 1.54) is 12.3 Å². The van der Waals surface area contributed by atoms with E-state index in [2.05, 4.69) is 11.1 Å². The van der Waals surface area contributed by atoms with E-state index in [0.29, 0.717) is 33.4 Å². The number of rotatable bonds is 5. The summed E-state index contributed by atoms with van der Waals surface area (Å²) in [6.07, 6.45) is 3.97. The SMILES string of the molecule is Cc1c(C(=O)CCl)c2ncc(/C=C/C(=O)O)cc2n1-c1ccc(C#N)cc1. The van der Waals surface area contributed by atoms with Gasteiger partial charge in [0.05, 0.1) is 34.1 Å². The number of carbonyl (C=O) groups excluding carboxylic acids is 1. The fraction of sp³-hybridized carbons (Fsp3) is 0.100. The number of halogens is 1. The van der Waals surface area contributed by atoms with E-state index < -0.39 is 5.97 Å². The van der Waals surface area contributed by atoms with Crippen LogP contribution in [0.3, 0.4) is 0 Å². The smallest absolute Gasteiger partial charge is 0.328 e. The molecule has 1 aromatic carbocycles. The molecule has 1 N–H and O–H groups in total. The van der Waals surface area contributed by atoms with Crippen molar-refractivity contribution in [1.82, 2.24) is 9.55 Å². The van der Waals surface area contributed by atoms with Crippen LogP contribution in [0.4, 0.5) is 0 Å². The third-order valence-electron chi connectivity index (χ3n) is 4.14. The number of carboxylic acid groups (broad SMARTS) is 1. The molecule has 27 heavy (non-hydrogen) atoms. The van der Waals surface area contributed by atoms with Crippen molar-refractivity contribution in [3.63, 3.8) is 0 Å². The molecule has 3 aromatic rings. The fourth-order valence-corrected chi connectivity index (χ4v) is 3.11. The first kappa shape index (κ1) is 18.4. The lowest BCUT2D eigenvalue weighted by molar-refractivity contribution is -0.131. The summed E-state index contributed by atoms with van der Waals surface area (Å²) in [5.74, 6) is -1.48. The number of ketones is 1. The summed E-state index contributed by atoms with van der Waals surface area (Å²) in [7, 11) is 0. The molecular weight excluding hydrogens is 366 g/mol. The van der Waals surface area contributed by atoms with Gasteiger partial charge in [0.25, 0.3) is 0 Å². The summed E-state index contributed by atoms with van der Waals surface area (Å²) in [6.45, 7) is 1.80. The zero-order valence-corrected chi connectivity index (χ0v) is 15.1. The van der Waals surface area contributed by atoms with Crippen LogP contribution in [0.2, 0.25) is 0 Å². The second kappa shape index (κ2) is 7.44. The Balaban J connectivity index is 2.30. The Kier molecular flexibility index (Phi) is 5.06. The van der Waals surface area contributed by atoms with Crippen LogP contribution < -0.4 is 0 Å². The van der Waals surface area contributed by atoms with Gasteiger partial charge < -0.3 is 9.67 Å². The molecule has 0 unspecified atom stereocenters. The monoisotopic (exact) mass is 379 g/mol. The Hall–Kier alpha value is -3.43. The maximum atomic E-state index is 12.4. The molecule has 134 valence electrons. The van der Waals surface area contributed by atoms with Gasteiger partial charge in [-0.25, -0.2) is 4.79 Å². The third kappa shape index (κ3) is 3.46. The van der Waals surface area contributed by atoms with Crippen LogP contribution in [0.25, 0.3) is 22.8 Å². The Bertz CT molecular complexity index is 1120. The molecule has 2 heterocycles. The lowest BCUT2D eigenvalue weighted by Gasteiger charge is -2.09. The minimum atomic E-state index is -1.06. The second-order valence-electron chi connectivity index (χ2n) is 5.82. The summed E-state index contributed by atoms with van der Waals surface area (Å²) in [6, 6.07) is 10.8. The first-order valence-electron chi connectivity index (χ1n) is 7.98. The average molecular weight is 380 g/mol. The maximum Gasteiger partial charge on any atom is 0.328 e. The number of Topliss-reactive ketones (excluding diaryl/α,β-unsaturated/α-hetero) is 1. The number of carboxylic acids is 1. The van der Waals surface area contributed by atoms with Crippen molar-refractivity contribution in [2.45, 2.75) is 6.92 Å². The summed E-state index contributed by atoms with van der Waals surface area (Å²) >= 11 is 5.77. The largest absolute Gasteiger partial charge is 0.478 e. The van der Waals surface area contributed by atoms with E-state index in [0.717, 1.165) is 11.8 Å². The van der Waals surface area contributed by atoms with E-state index in [1.807, 2.05) is 4.57 Å². The molecule has 0 aliphatic carbocycles. The molecule has 0 aliphatic heterocycles. The van der Waals surface area contributed by atoms with Gasteiger partial charge in [0.15, 0.2) is 5.78 Å². The highest BCUT2D eigenvalue weighted by atomic mass is 35.5. The van der Waals surface area contributed by atoms with Crippen LogP contribution in [0.15, 0.2) is 42.6 Å². The van der Waals surface area contributed by atoms with Gasteiger partial charge in [-0.1, -0.05) is 0 Å². The summed E-state index contributed by atoms with van der Waals surface area (Å²) in [4.78, 5) is 27.5. The van der Waals surface area contributed by atoms with Crippen molar-refractivity contribution in [3.05, 3.63) is 65.0 Å². The number of alkyl halides is 1. The molecule has 0 radical (unpaired) electrons. The number of carbonyl (C=O) groups is 2. The number of benzene rings is 1. The van der Waals surface area contributed by atoms with Crippen LogP contribution in [-0.4, -0.2) is 32.3 Å². The molecule has 6 nitrogen and oxygen atoms in total. The topological polar surface area (TPSA) is 96.0 Å². The van der Waals surface area contributed by atoms with Gasteiger partial charge in [-0.3, -0.25) is 9.78 Å². The molecule has 0 bridgehead atoms. The fourth-order valence-electron chi connectivity index (χ4n) is 2.97. The van der Waals surface area contributed by atoms with E-state index in [9.17, 15) is 9.59 Å². The molecular formula is C20H14ClN3O3. The molecule has 3 rings (SSSR count). The van der Waals surface area contributed by atoms with Gasteiger partial charge in [-0.15, -0.1) is 11.6 Å². The first-order chi connectivity index (χ1) is 13.0. The minimum Gasteiger partial charge on any atom is -0.478 e. The van der Waals surface area contributed by atoms with E-state index in [-0.39, 0.29) is 11.7 Å². The first-order valence-corrected chi connectivity index (χ1v) is 8.51. The number of fused-ring (bicyclic) bond motifs is 1. The van der Waals surface area contributed by atoms with Crippen molar-refractivity contribution in [1.29, 1.82) is 5.26 Å². The average Bonchev–Trinajstić information content (AvgIpc) is 2.97. The molecule has 0 atom stereocenters. The van der Waals surface area contributed by atoms with Crippen molar-refractivity contribution < 1.29 is 14.7 Å². The Morgan fingerprint density at radius 3 is 2.63 bits per heavy atom. The summed E-state index contributed by atoms with van der Waals surface area (Å²) < 4.78 is 1.85. The number of nitrogens with zero attached hydrogens (tertiary/aromatic N) is 3. The predicted octanol–water partition coefficient (Wildman–Crippen LogP) is 3.72. The molecule has 0 saturated heterocycles. The molecule has 0 saturated carbocycles. The van der Waals surface area contributed by atoms with Crippen molar-refractivity contribution in [2.24, 2.45) is 0 Å². The van der Waals surface area contributed by atoms with E-state index >= 15 is 0 Å². The number of aromatic nitrogens is 2. The van der Waals surface area contributed by atoms with Crippen molar-refractivity contribution in [2.75, 3.05) is 5.88 Å². The van der Waals surface area contributed by atoms with Crippen molar-refractivity contribution >= 4 is 40.5 Å². The number of nitriles is 1. The highest BCUT2D eigenvalue weighted by molar-refractivity contribution is 6.32. The van der Waals surface area contributed by atoms with Crippen LogP contribution >= 0.6 is 11.6 Å². The van der Waals surface area contributed by atoms with E-state index in [4.69, 9.17) is 22.0 Å². The van der Waals surface area contributed by atoms with Gasteiger partial charge in [0, 0.05) is 23.7 Å². The molecule has 0 aliphatic rings. The lowest BCUT2D eigenvalue weighted by atomic mass is 10.1. The Labute approximate surface area is 159 Å². The molecule has 2 aromatic heterocycles. The molecule has 0 spiro atoms. The van der Waals surface area contributed by atoms with Gasteiger partial charge in [0.1, 0.15) is 0 Å². The quantitative estimate of drug-likeness (QED) is 0.414. The zero-order valence-electron chi connectivity index (χ0n) is 14.3. The Morgan fingerprint density at radius 2 is 2.04 bits per heavy atom. The summed E-state index contributed by atoms with van der Waals surface area (Å²) in [5, 5.41) is 17.8. The van der Waals surface area contributed by atoms with Crippen LogP contribution in [0.5, 0.6) is 0 Å². The normalized spacial score (nSPS) is 11.0. The number of hydrogen-bond acceptors (Lipinski definition) is 4. The summed E-state index contributed by atoms with van der Waals surface area (Å²) in [5.41, 5.74) is 4.11. The van der Waals surface area contributed by atoms with Crippen molar-refractivity contribution in [3.8, 4) is 11.8 Å². The second-order valence-corrected chi connectivity index (χ2v) is 6.09. The Morgan fingerprint density at radius 1 is 1.33 bits per heavy atom. The standard InChI is InChI=1S/C20H14ClN3O3/c1-12-19(17(25)9-21)20-16(8-14(11-23-20)4-7-18(26)27)24(12)15-5-2-13(10-22)3-6-15/h2-8,11H,9H2,1H3,(H,26,27)/b7-4+. The maximum absolute atomic E-state index is 12.4. The van der Waals surface area contributed by atoms with Crippen LogP contribution in [0, 0.1) is 18.3 Å². The minimum absolute atomic E-state index is 0.171. The van der Waals surface area contributed by atoms with E-state index in [1.54, 1.807) is 37.3 Å². The van der Waals surface area contributed by atoms with Gasteiger partial charge in [-0.2, -0.15) is 5.26 Å². The molecule has 7 heteroatoms. The lowest BCUT2D eigenvalue weighted by Crippen LogP contribution is -2.04. The van der Waals surface area contributed by atoms with Crippen LogP contribution in [-0.2, 0) is 4.79 Å². The molecule has 0 fully saturated rings. The highest BCUT2D eigenvalue weighted by Gasteiger charge is 2.21. The number of pyridine rings is 1. The van der Waals surface area contributed by atoms with Gasteiger partial charge in [0.2, 0.25) is 0 Å². The van der Waals surface area contributed by atoms with Gasteiger partial charge >= 0.3 is 5.97 Å². The third-order valence-corrected chi connectivity index (χ3v) is 4.38. The van der Waals surface area contributed by atoms with Crippen LogP contribution in [0.1, 0.15) is 27.2 Å². The van der Waals surface area contributed by atoms with Gasteiger partial charge in [-0.05, 0) is 48.9 Å². The zero-order chi connectivity index (χ0) is 19.6. The molecule has 0 amide bonds.